The second kappa shape index (κ2) is 9.59. The van der Waals surface area contributed by atoms with Crippen molar-refractivity contribution in [1.29, 1.82) is 0 Å². The highest BCUT2D eigenvalue weighted by Crippen LogP contribution is 2.47. The SMILES string of the molecule is Cc1cccc(F)c1-c1noc(C2CC2)c1CO[C@@H]1C[C@@H]2C[C@H]1C(=O)N2c1ccc(C(=O)OC(C)(C)C)cc1. The number of aromatic nitrogens is 1. The summed E-state index contributed by atoms with van der Waals surface area (Å²) < 4.78 is 32.3. The maximum absolute atomic E-state index is 14.8. The number of anilines is 1. The highest BCUT2D eigenvalue weighted by Gasteiger charge is 2.52. The van der Waals surface area contributed by atoms with E-state index in [1.807, 2.05) is 38.7 Å². The number of nitrogens with zero attached hydrogens (tertiary/aromatic N) is 2. The predicted octanol–water partition coefficient (Wildman–Crippen LogP) is 6.33. The molecule has 0 unspecified atom stereocenters. The van der Waals surface area contributed by atoms with Crippen molar-refractivity contribution in [2.24, 2.45) is 5.92 Å². The second-order valence-electron chi connectivity index (χ2n) is 11.9. The van der Waals surface area contributed by atoms with Crippen LogP contribution >= 0.6 is 0 Å². The van der Waals surface area contributed by atoms with Gasteiger partial charge in [-0.15, -0.1) is 0 Å². The average Bonchev–Trinajstić information content (AvgIpc) is 3.38. The molecular weight excluding hydrogens is 499 g/mol. The van der Waals surface area contributed by atoms with Crippen LogP contribution in [0.25, 0.3) is 11.3 Å². The third kappa shape index (κ3) is 4.86. The van der Waals surface area contributed by atoms with Crippen LogP contribution in [0.3, 0.4) is 0 Å². The number of carbonyl (C=O) groups excluding carboxylic acids is 2. The van der Waals surface area contributed by atoms with Gasteiger partial charge < -0.3 is 18.9 Å². The van der Waals surface area contributed by atoms with Crippen molar-refractivity contribution < 1.29 is 28.0 Å². The lowest BCUT2D eigenvalue weighted by atomic mass is 9.99. The van der Waals surface area contributed by atoms with Gasteiger partial charge in [-0.3, -0.25) is 4.79 Å². The number of esters is 1. The molecule has 2 heterocycles. The number of piperidine rings is 1. The standard InChI is InChI=1S/C31H33FN2O5/c1-17-6-5-7-24(32)26(17)27-23(28(39-33-27)18-8-9-18)16-37-25-15-21-14-22(25)29(35)34(21)20-12-10-19(11-13-20)30(36)38-31(2,3)4/h5-7,10-13,18,21-22,25H,8-9,14-16H2,1-4H3/t21-,22+,25+/m0/s1. The summed E-state index contributed by atoms with van der Waals surface area (Å²) in [6.45, 7) is 7.57. The predicted molar refractivity (Wildman–Crippen MR) is 143 cm³/mol. The van der Waals surface area contributed by atoms with Crippen LogP contribution < -0.4 is 4.90 Å². The number of amides is 1. The van der Waals surface area contributed by atoms with Crippen molar-refractivity contribution >= 4 is 17.6 Å². The Kier molecular flexibility index (Phi) is 6.33. The van der Waals surface area contributed by atoms with Crippen LogP contribution in [0.4, 0.5) is 10.1 Å². The fraction of sp³-hybridized carbons (Fsp3) is 0.452. The van der Waals surface area contributed by atoms with Gasteiger partial charge in [-0.2, -0.15) is 0 Å². The molecule has 3 fully saturated rings. The van der Waals surface area contributed by atoms with E-state index in [0.717, 1.165) is 41.8 Å². The third-order valence-electron chi connectivity index (χ3n) is 7.85. The van der Waals surface area contributed by atoms with E-state index < -0.39 is 5.60 Å². The van der Waals surface area contributed by atoms with Crippen LogP contribution in [0.2, 0.25) is 0 Å². The molecule has 3 aliphatic rings. The molecule has 204 valence electrons. The molecular formula is C31H33FN2O5. The number of carbonyl (C=O) groups is 2. The minimum absolute atomic E-state index is 0.0264. The molecule has 2 bridgehead atoms. The Hall–Kier alpha value is -3.52. The molecule has 2 aromatic carbocycles. The Balaban J connectivity index is 1.16. The maximum Gasteiger partial charge on any atom is 0.338 e. The summed E-state index contributed by atoms with van der Waals surface area (Å²) in [6, 6.07) is 12.0. The first-order chi connectivity index (χ1) is 18.6. The molecule has 1 aromatic heterocycles. The molecule has 3 aromatic rings. The van der Waals surface area contributed by atoms with Crippen molar-refractivity contribution in [2.45, 2.75) is 83.6 Å². The molecule has 39 heavy (non-hydrogen) atoms. The van der Waals surface area contributed by atoms with E-state index >= 15 is 0 Å². The maximum atomic E-state index is 14.8. The topological polar surface area (TPSA) is 81.9 Å². The first-order valence-corrected chi connectivity index (χ1v) is 13.6. The van der Waals surface area contributed by atoms with E-state index in [0.29, 0.717) is 23.2 Å². The number of aryl methyl sites for hydroxylation is 1. The van der Waals surface area contributed by atoms with Gasteiger partial charge in [0.05, 0.1) is 24.2 Å². The fourth-order valence-corrected chi connectivity index (χ4v) is 5.87. The summed E-state index contributed by atoms with van der Waals surface area (Å²) in [6.07, 6.45) is 3.24. The molecule has 1 aliphatic heterocycles. The zero-order valence-corrected chi connectivity index (χ0v) is 22.7. The van der Waals surface area contributed by atoms with Crippen LogP contribution in [0.5, 0.6) is 0 Å². The molecule has 0 spiro atoms. The summed E-state index contributed by atoms with van der Waals surface area (Å²) in [7, 11) is 0. The van der Waals surface area contributed by atoms with Crippen molar-refractivity contribution in [3.63, 3.8) is 0 Å². The van der Waals surface area contributed by atoms with Gasteiger partial charge in [0.25, 0.3) is 0 Å². The Morgan fingerprint density at radius 3 is 2.51 bits per heavy atom. The molecule has 0 N–H and O–H groups in total. The lowest BCUT2D eigenvalue weighted by Gasteiger charge is -2.31. The molecule has 8 heteroatoms. The van der Waals surface area contributed by atoms with E-state index in [9.17, 15) is 14.0 Å². The van der Waals surface area contributed by atoms with Crippen LogP contribution in [-0.4, -0.2) is 34.8 Å². The Labute approximate surface area is 227 Å². The lowest BCUT2D eigenvalue weighted by molar-refractivity contribution is -0.126. The van der Waals surface area contributed by atoms with Crippen LogP contribution in [0.1, 0.15) is 79.6 Å². The number of hydrogen-bond acceptors (Lipinski definition) is 6. The normalized spacial score (nSPS) is 22.5. The first kappa shape index (κ1) is 25.7. The zero-order chi connectivity index (χ0) is 27.5. The lowest BCUT2D eigenvalue weighted by Crippen LogP contribution is -2.43. The quantitative estimate of drug-likeness (QED) is 0.331. The van der Waals surface area contributed by atoms with Gasteiger partial charge in [-0.1, -0.05) is 17.3 Å². The molecule has 0 radical (unpaired) electrons. The fourth-order valence-electron chi connectivity index (χ4n) is 5.87. The highest BCUT2D eigenvalue weighted by atomic mass is 19.1. The van der Waals surface area contributed by atoms with Crippen molar-refractivity contribution in [3.8, 4) is 11.3 Å². The van der Waals surface area contributed by atoms with E-state index in [2.05, 4.69) is 5.16 Å². The Morgan fingerprint density at radius 1 is 1.13 bits per heavy atom. The van der Waals surface area contributed by atoms with E-state index in [1.54, 1.807) is 30.3 Å². The van der Waals surface area contributed by atoms with Crippen LogP contribution in [0, 0.1) is 18.7 Å². The van der Waals surface area contributed by atoms with Gasteiger partial charge in [0.15, 0.2) is 0 Å². The number of hydrogen-bond donors (Lipinski definition) is 0. The zero-order valence-electron chi connectivity index (χ0n) is 22.7. The Morgan fingerprint density at radius 2 is 1.87 bits per heavy atom. The first-order valence-electron chi connectivity index (χ1n) is 13.6. The van der Waals surface area contributed by atoms with E-state index in [1.165, 1.54) is 6.07 Å². The molecule has 2 aliphatic carbocycles. The molecule has 7 nitrogen and oxygen atoms in total. The molecule has 2 saturated carbocycles. The number of benzene rings is 2. The third-order valence-corrected chi connectivity index (χ3v) is 7.85. The monoisotopic (exact) mass is 532 g/mol. The molecule has 1 saturated heterocycles. The minimum atomic E-state index is -0.574. The Bertz CT molecular complexity index is 1400. The molecule has 6 rings (SSSR count). The summed E-state index contributed by atoms with van der Waals surface area (Å²) in [5.74, 6) is 0.116. The second-order valence-corrected chi connectivity index (χ2v) is 11.9. The van der Waals surface area contributed by atoms with E-state index in [-0.39, 0.29) is 48.3 Å². The highest BCUT2D eigenvalue weighted by molar-refractivity contribution is 6.00. The van der Waals surface area contributed by atoms with Crippen molar-refractivity contribution in [3.05, 3.63) is 70.7 Å². The van der Waals surface area contributed by atoms with Gasteiger partial charge in [0.1, 0.15) is 22.9 Å². The summed E-state index contributed by atoms with van der Waals surface area (Å²) in [5.41, 5.74) is 3.16. The number of ether oxygens (including phenoxy) is 2. The van der Waals surface area contributed by atoms with Gasteiger partial charge in [0.2, 0.25) is 5.91 Å². The summed E-state index contributed by atoms with van der Waals surface area (Å²) in [4.78, 5) is 27.6. The summed E-state index contributed by atoms with van der Waals surface area (Å²) in [5, 5.41) is 4.26. The molecule has 3 atom stereocenters. The minimum Gasteiger partial charge on any atom is -0.456 e. The van der Waals surface area contributed by atoms with Crippen LogP contribution in [-0.2, 0) is 20.9 Å². The van der Waals surface area contributed by atoms with Gasteiger partial charge >= 0.3 is 5.97 Å². The number of fused-ring (bicyclic) bond motifs is 2. The largest absolute Gasteiger partial charge is 0.456 e. The van der Waals surface area contributed by atoms with Gasteiger partial charge in [0, 0.05) is 28.8 Å². The van der Waals surface area contributed by atoms with Crippen molar-refractivity contribution in [1.82, 2.24) is 5.16 Å². The van der Waals surface area contributed by atoms with Gasteiger partial charge in [-0.05, 0) is 89.3 Å². The number of halogens is 1. The van der Waals surface area contributed by atoms with E-state index in [4.69, 9.17) is 14.0 Å². The van der Waals surface area contributed by atoms with Gasteiger partial charge in [-0.25, -0.2) is 9.18 Å². The summed E-state index contributed by atoms with van der Waals surface area (Å²) >= 11 is 0. The smallest absolute Gasteiger partial charge is 0.338 e. The molecule has 1 amide bonds. The van der Waals surface area contributed by atoms with Crippen molar-refractivity contribution in [2.75, 3.05) is 4.90 Å². The number of rotatable bonds is 7. The van der Waals surface area contributed by atoms with Crippen LogP contribution in [0.15, 0.2) is 47.0 Å². The average molecular weight is 533 g/mol.